The van der Waals surface area contributed by atoms with Crippen LogP contribution in [0.25, 0.3) is 0 Å². The van der Waals surface area contributed by atoms with Crippen molar-refractivity contribution in [2.75, 3.05) is 48.9 Å². The molecule has 5 nitrogen and oxygen atoms in total. The van der Waals surface area contributed by atoms with Crippen molar-refractivity contribution in [3.05, 3.63) is 17.5 Å². The van der Waals surface area contributed by atoms with E-state index in [2.05, 4.69) is 16.8 Å². The fraction of sp³-hybridized carbons (Fsp3) is 0.500. The molecule has 1 amide bonds. The second-order valence-corrected chi connectivity index (χ2v) is 6.86. The van der Waals surface area contributed by atoms with Crippen LogP contribution in [0, 0.1) is 0 Å². The predicted octanol–water partition coefficient (Wildman–Crippen LogP) is 2.20. The van der Waals surface area contributed by atoms with Crippen molar-refractivity contribution in [2.45, 2.75) is 6.42 Å². The van der Waals surface area contributed by atoms with Gasteiger partial charge in [0.15, 0.2) is 5.75 Å². The number of hydrogen-bond acceptors (Lipinski definition) is 6. The van der Waals surface area contributed by atoms with E-state index in [1.165, 1.54) is 17.1 Å². The van der Waals surface area contributed by atoms with Crippen LogP contribution < -0.4 is 20.7 Å². The molecule has 0 atom stereocenters. The first-order valence-corrected chi connectivity index (χ1v) is 8.84. The van der Waals surface area contributed by atoms with Crippen LogP contribution in [0.2, 0.25) is 0 Å². The fourth-order valence-electron chi connectivity index (χ4n) is 2.18. The third-order valence-corrected chi connectivity index (χ3v) is 5.50. The summed E-state index contributed by atoms with van der Waals surface area (Å²) in [7, 11) is 1.60. The summed E-state index contributed by atoms with van der Waals surface area (Å²) in [6, 6.07) is 0. The van der Waals surface area contributed by atoms with Crippen LogP contribution in [-0.2, 0) is 0 Å². The summed E-state index contributed by atoms with van der Waals surface area (Å²) in [4.78, 5) is 14.9. The molecule has 1 saturated heterocycles. The molecule has 116 valence electrons. The number of amides is 1. The number of carbonyl (C=O) groups is 1. The lowest BCUT2D eigenvalue weighted by Crippen LogP contribution is -2.25. The van der Waals surface area contributed by atoms with Gasteiger partial charge in [-0.3, -0.25) is 4.79 Å². The number of nitrogens with two attached hydrogens (primary N) is 1. The van der Waals surface area contributed by atoms with Gasteiger partial charge in [-0.15, -0.1) is 17.9 Å². The van der Waals surface area contributed by atoms with Gasteiger partial charge in [-0.05, 0) is 12.2 Å². The molecule has 0 aliphatic carbocycles. The molecule has 1 aliphatic rings. The molecule has 1 aliphatic heterocycles. The number of methoxy groups -OCH3 is 1. The van der Waals surface area contributed by atoms with Crippen LogP contribution >= 0.6 is 23.1 Å². The minimum Gasteiger partial charge on any atom is -0.492 e. The Hall–Kier alpha value is -1.34. The molecular weight excluding hydrogens is 306 g/mol. The molecule has 7 heteroatoms. The Bertz CT molecular complexity index is 509. The molecule has 2 rings (SSSR count). The Morgan fingerprint density at radius 3 is 3.05 bits per heavy atom. The lowest BCUT2D eigenvalue weighted by atomic mass is 10.3. The third-order valence-electron chi connectivity index (χ3n) is 3.21. The van der Waals surface area contributed by atoms with Gasteiger partial charge in [0.25, 0.3) is 5.91 Å². The van der Waals surface area contributed by atoms with Crippen LogP contribution in [0.4, 0.5) is 10.7 Å². The van der Waals surface area contributed by atoms with E-state index in [1.807, 2.05) is 11.8 Å². The minimum atomic E-state index is -0.175. The second-order valence-electron chi connectivity index (χ2n) is 4.63. The number of thiophene rings is 1. The lowest BCUT2D eigenvalue weighted by molar-refractivity contribution is 0.0962. The van der Waals surface area contributed by atoms with Gasteiger partial charge in [-0.25, -0.2) is 0 Å². The summed E-state index contributed by atoms with van der Waals surface area (Å²) in [6.45, 7) is 5.94. The zero-order valence-electron chi connectivity index (χ0n) is 12.2. The van der Waals surface area contributed by atoms with Crippen LogP contribution in [0.1, 0.15) is 16.1 Å². The molecule has 1 aromatic rings. The maximum absolute atomic E-state index is 12.1. The third kappa shape index (κ3) is 3.65. The molecule has 0 aromatic carbocycles. The van der Waals surface area contributed by atoms with E-state index in [4.69, 9.17) is 10.5 Å². The zero-order chi connectivity index (χ0) is 15.2. The van der Waals surface area contributed by atoms with E-state index in [-0.39, 0.29) is 5.91 Å². The first-order chi connectivity index (χ1) is 10.2. The summed E-state index contributed by atoms with van der Waals surface area (Å²) in [6.07, 6.45) is 2.77. The number of nitrogens with one attached hydrogen (secondary N) is 1. The maximum Gasteiger partial charge on any atom is 0.263 e. The highest BCUT2D eigenvalue weighted by molar-refractivity contribution is 7.99. The standard InChI is InChI=1S/C14H21N3O2S2/c1-3-5-16-13(18)12-10(15)11(19-2)14(21-12)17-6-4-8-20-9-7-17/h3H,1,4-9,15H2,2H3,(H,16,18). The number of carbonyl (C=O) groups excluding carboxylic acids is 1. The van der Waals surface area contributed by atoms with Crippen LogP contribution in [0.3, 0.4) is 0 Å². The molecule has 0 unspecified atom stereocenters. The number of anilines is 2. The summed E-state index contributed by atoms with van der Waals surface area (Å²) < 4.78 is 5.44. The largest absolute Gasteiger partial charge is 0.492 e. The van der Waals surface area contributed by atoms with Gasteiger partial charge in [0.1, 0.15) is 15.6 Å². The van der Waals surface area contributed by atoms with Gasteiger partial charge in [-0.2, -0.15) is 11.8 Å². The Labute approximate surface area is 133 Å². The molecule has 2 heterocycles. The van der Waals surface area contributed by atoms with Gasteiger partial charge >= 0.3 is 0 Å². The van der Waals surface area contributed by atoms with Crippen molar-refractivity contribution in [3.8, 4) is 5.75 Å². The molecule has 21 heavy (non-hydrogen) atoms. The Kier molecular flexibility index (Phi) is 5.81. The van der Waals surface area contributed by atoms with Gasteiger partial charge in [0.2, 0.25) is 0 Å². The van der Waals surface area contributed by atoms with Crippen molar-refractivity contribution in [1.82, 2.24) is 5.32 Å². The Balaban J connectivity index is 2.28. The highest BCUT2D eigenvalue weighted by atomic mass is 32.2. The zero-order valence-corrected chi connectivity index (χ0v) is 13.8. The average molecular weight is 327 g/mol. The van der Waals surface area contributed by atoms with E-state index in [0.717, 1.165) is 30.3 Å². The smallest absolute Gasteiger partial charge is 0.263 e. The van der Waals surface area contributed by atoms with Gasteiger partial charge < -0.3 is 20.7 Å². The molecule has 0 bridgehead atoms. The predicted molar refractivity (Wildman–Crippen MR) is 92.0 cm³/mol. The van der Waals surface area contributed by atoms with E-state index >= 15 is 0 Å². The van der Waals surface area contributed by atoms with E-state index in [1.54, 1.807) is 13.2 Å². The number of rotatable bonds is 5. The highest BCUT2D eigenvalue weighted by Crippen LogP contribution is 2.45. The van der Waals surface area contributed by atoms with Crippen LogP contribution in [-0.4, -0.2) is 44.2 Å². The van der Waals surface area contributed by atoms with E-state index in [0.29, 0.717) is 22.9 Å². The van der Waals surface area contributed by atoms with Crippen molar-refractivity contribution < 1.29 is 9.53 Å². The number of hydrogen-bond donors (Lipinski definition) is 2. The topological polar surface area (TPSA) is 67.6 Å². The van der Waals surface area contributed by atoms with Crippen LogP contribution in [0.5, 0.6) is 5.75 Å². The minimum absolute atomic E-state index is 0.175. The first-order valence-electron chi connectivity index (χ1n) is 6.87. The molecule has 0 saturated carbocycles. The highest BCUT2D eigenvalue weighted by Gasteiger charge is 2.25. The molecular formula is C14H21N3O2S2. The van der Waals surface area contributed by atoms with Crippen molar-refractivity contribution >= 4 is 39.7 Å². The lowest BCUT2D eigenvalue weighted by Gasteiger charge is -2.21. The Morgan fingerprint density at radius 1 is 1.52 bits per heavy atom. The molecule has 1 fully saturated rings. The van der Waals surface area contributed by atoms with E-state index in [9.17, 15) is 4.79 Å². The van der Waals surface area contributed by atoms with Gasteiger partial charge in [0.05, 0.1) is 7.11 Å². The van der Waals surface area contributed by atoms with E-state index < -0.39 is 0 Å². The van der Waals surface area contributed by atoms with Crippen molar-refractivity contribution in [3.63, 3.8) is 0 Å². The summed E-state index contributed by atoms with van der Waals surface area (Å²) in [5, 5.41) is 3.72. The molecule has 0 spiro atoms. The fourth-order valence-corrected chi connectivity index (χ4v) is 4.23. The quantitative estimate of drug-likeness (QED) is 0.812. The van der Waals surface area contributed by atoms with Gasteiger partial charge in [-0.1, -0.05) is 6.08 Å². The normalized spacial score (nSPS) is 15.4. The van der Waals surface area contributed by atoms with Crippen molar-refractivity contribution in [1.29, 1.82) is 0 Å². The van der Waals surface area contributed by atoms with Crippen molar-refractivity contribution in [2.24, 2.45) is 0 Å². The molecule has 1 aromatic heterocycles. The van der Waals surface area contributed by atoms with Crippen LogP contribution in [0.15, 0.2) is 12.7 Å². The summed E-state index contributed by atoms with van der Waals surface area (Å²) >= 11 is 3.36. The Morgan fingerprint density at radius 2 is 2.33 bits per heavy atom. The summed E-state index contributed by atoms with van der Waals surface area (Å²) in [5.41, 5.74) is 6.53. The molecule has 3 N–H and O–H groups in total. The second kappa shape index (κ2) is 7.61. The summed E-state index contributed by atoms with van der Waals surface area (Å²) in [5.74, 6) is 2.70. The van der Waals surface area contributed by atoms with Gasteiger partial charge in [0, 0.05) is 25.4 Å². The number of ether oxygens (including phenoxy) is 1. The maximum atomic E-state index is 12.1. The first kappa shape index (κ1) is 16.0. The SMILES string of the molecule is C=CCNC(=O)c1sc(N2CCCSCC2)c(OC)c1N. The number of nitrogens with zero attached hydrogens (tertiary/aromatic N) is 1. The number of thioether (sulfide) groups is 1. The number of nitrogen functional groups attached to an aromatic ring is 1. The average Bonchev–Trinajstić information content (AvgIpc) is 2.68. The monoisotopic (exact) mass is 327 g/mol. The molecule has 0 radical (unpaired) electrons.